The predicted molar refractivity (Wildman–Crippen MR) is 93.6 cm³/mol. The van der Waals surface area contributed by atoms with E-state index < -0.39 is 0 Å². The third-order valence-corrected chi connectivity index (χ3v) is 6.29. The molecule has 0 N–H and O–H groups in total. The second-order valence-electron chi connectivity index (χ2n) is 7.30. The Morgan fingerprint density at radius 2 is 1.00 bits per heavy atom. The van der Waals surface area contributed by atoms with Crippen molar-refractivity contribution in [2.24, 2.45) is 11.8 Å². The Hall–Kier alpha value is -2.38. The Balaban J connectivity index is 1.68. The largest absolute Gasteiger partial charge is 0.349 e. The van der Waals surface area contributed by atoms with Gasteiger partial charge in [-0.3, -0.25) is 0 Å². The molecule has 24 heavy (non-hydrogen) atoms. The van der Waals surface area contributed by atoms with Gasteiger partial charge in [0.05, 0.1) is 0 Å². The Morgan fingerprint density at radius 1 is 0.583 bits per heavy atom. The van der Waals surface area contributed by atoms with E-state index in [0.717, 1.165) is 0 Å². The first kappa shape index (κ1) is 13.0. The van der Waals surface area contributed by atoms with Crippen molar-refractivity contribution in [1.82, 2.24) is 0 Å². The van der Waals surface area contributed by atoms with Crippen LogP contribution in [0.2, 0.25) is 0 Å². The summed E-state index contributed by atoms with van der Waals surface area (Å²) in [6.45, 7) is 0. The van der Waals surface area contributed by atoms with Crippen LogP contribution in [0.3, 0.4) is 0 Å². The molecule has 0 unspecified atom stereocenters. The van der Waals surface area contributed by atoms with Crippen molar-refractivity contribution < 1.29 is 4.74 Å². The van der Waals surface area contributed by atoms with Crippen LogP contribution in [0, 0.1) is 11.8 Å². The van der Waals surface area contributed by atoms with Gasteiger partial charge in [0.15, 0.2) is 0 Å². The lowest BCUT2D eigenvalue weighted by atomic mass is 9.72. The average molecular weight is 310 g/mol. The van der Waals surface area contributed by atoms with Crippen molar-refractivity contribution in [3.63, 3.8) is 0 Å². The van der Waals surface area contributed by atoms with Crippen LogP contribution < -0.4 is 0 Å². The van der Waals surface area contributed by atoms with E-state index in [9.17, 15) is 0 Å². The molecular formula is C23H18O. The minimum absolute atomic E-state index is 0.266. The van der Waals surface area contributed by atoms with Gasteiger partial charge in [-0.1, -0.05) is 84.9 Å². The van der Waals surface area contributed by atoms with E-state index in [0.29, 0.717) is 11.8 Å². The number of rotatable bonds is 2. The highest BCUT2D eigenvalue weighted by Crippen LogP contribution is 2.77. The first-order valence-corrected chi connectivity index (χ1v) is 8.78. The zero-order valence-electron chi connectivity index (χ0n) is 13.4. The summed E-state index contributed by atoms with van der Waals surface area (Å²) in [5, 5.41) is 0. The third kappa shape index (κ3) is 1.29. The van der Waals surface area contributed by atoms with Gasteiger partial charge in [0.2, 0.25) is 0 Å². The summed E-state index contributed by atoms with van der Waals surface area (Å²) >= 11 is 0. The molecule has 2 bridgehead atoms. The SMILES string of the molecule is c1ccc([C@@]23O[C@@](c4ccccc4)(c4ccccc42)[C@H]2C[C@H]23)cc1. The van der Waals surface area contributed by atoms with E-state index in [-0.39, 0.29) is 11.2 Å². The summed E-state index contributed by atoms with van der Waals surface area (Å²) < 4.78 is 7.05. The van der Waals surface area contributed by atoms with Crippen molar-refractivity contribution in [3.05, 3.63) is 107 Å². The smallest absolute Gasteiger partial charge is 0.123 e. The van der Waals surface area contributed by atoms with Crippen LogP contribution in [0.15, 0.2) is 84.9 Å². The Kier molecular flexibility index (Phi) is 2.25. The van der Waals surface area contributed by atoms with Gasteiger partial charge >= 0.3 is 0 Å². The molecule has 4 atom stereocenters. The number of ether oxygens (including phenoxy) is 1. The Bertz CT molecular complexity index is 856. The van der Waals surface area contributed by atoms with Crippen molar-refractivity contribution >= 4 is 0 Å². The molecule has 1 heteroatoms. The molecule has 1 aliphatic carbocycles. The lowest BCUT2D eigenvalue weighted by Gasteiger charge is -2.30. The average Bonchev–Trinajstić information content (AvgIpc) is 3.36. The molecule has 0 amide bonds. The molecule has 1 saturated carbocycles. The highest BCUT2D eigenvalue weighted by molar-refractivity contribution is 5.59. The predicted octanol–water partition coefficient (Wildman–Crippen LogP) is 4.85. The summed E-state index contributed by atoms with van der Waals surface area (Å²) in [7, 11) is 0. The van der Waals surface area contributed by atoms with Crippen LogP contribution in [0.4, 0.5) is 0 Å². The molecule has 1 nitrogen and oxygen atoms in total. The highest BCUT2D eigenvalue weighted by atomic mass is 16.5. The van der Waals surface area contributed by atoms with Gasteiger partial charge in [-0.25, -0.2) is 0 Å². The first-order chi connectivity index (χ1) is 11.9. The van der Waals surface area contributed by atoms with E-state index in [4.69, 9.17) is 4.74 Å². The fourth-order valence-corrected chi connectivity index (χ4v) is 5.37. The molecule has 2 aliphatic heterocycles. The molecule has 0 aromatic heterocycles. The number of fused-ring (bicyclic) bond motifs is 8. The minimum Gasteiger partial charge on any atom is -0.349 e. The molecule has 2 fully saturated rings. The van der Waals surface area contributed by atoms with Crippen molar-refractivity contribution in [2.75, 3.05) is 0 Å². The maximum Gasteiger partial charge on any atom is 0.123 e. The van der Waals surface area contributed by atoms with Gasteiger partial charge < -0.3 is 4.74 Å². The normalized spacial score (nSPS) is 34.7. The second-order valence-corrected chi connectivity index (χ2v) is 7.30. The fraction of sp³-hybridized carbons (Fsp3) is 0.217. The molecule has 3 aromatic carbocycles. The lowest BCUT2D eigenvalue weighted by molar-refractivity contribution is -0.0715. The molecular weight excluding hydrogens is 292 g/mol. The molecule has 116 valence electrons. The molecule has 1 saturated heterocycles. The van der Waals surface area contributed by atoms with E-state index >= 15 is 0 Å². The third-order valence-electron chi connectivity index (χ3n) is 6.29. The summed E-state index contributed by atoms with van der Waals surface area (Å²) in [5.74, 6) is 1.19. The lowest BCUT2D eigenvalue weighted by Crippen LogP contribution is -2.29. The van der Waals surface area contributed by atoms with E-state index in [1.54, 1.807) is 0 Å². The van der Waals surface area contributed by atoms with Crippen LogP contribution in [-0.2, 0) is 15.9 Å². The first-order valence-electron chi connectivity index (χ1n) is 8.78. The molecule has 3 aromatic rings. The van der Waals surface area contributed by atoms with Crippen LogP contribution in [-0.4, -0.2) is 0 Å². The molecule has 2 heterocycles. The maximum absolute atomic E-state index is 7.05. The highest BCUT2D eigenvalue weighted by Gasteiger charge is 2.77. The number of hydrogen-bond donors (Lipinski definition) is 0. The molecule has 3 aliphatic rings. The number of benzene rings is 3. The summed E-state index contributed by atoms with van der Waals surface area (Å²) in [4.78, 5) is 0. The van der Waals surface area contributed by atoms with Crippen molar-refractivity contribution in [1.29, 1.82) is 0 Å². The standard InChI is InChI=1S/C23H18O/c1-3-9-16(10-4-1)22-18-13-7-8-14-19(18)23(24-22,21-15-20(21)22)17-11-5-2-6-12-17/h1-14,20-21H,15H2/t20-,21+,22-,23+. The van der Waals surface area contributed by atoms with Crippen molar-refractivity contribution in [2.45, 2.75) is 17.6 Å². The maximum atomic E-state index is 7.05. The van der Waals surface area contributed by atoms with Gasteiger partial charge in [0.1, 0.15) is 11.2 Å². The van der Waals surface area contributed by atoms with Crippen LogP contribution >= 0.6 is 0 Å². The topological polar surface area (TPSA) is 9.23 Å². The molecule has 0 radical (unpaired) electrons. The zero-order chi connectivity index (χ0) is 15.8. The van der Waals surface area contributed by atoms with Crippen molar-refractivity contribution in [3.8, 4) is 0 Å². The van der Waals surface area contributed by atoms with Crippen LogP contribution in [0.5, 0.6) is 0 Å². The quantitative estimate of drug-likeness (QED) is 0.657. The molecule has 6 rings (SSSR count). The monoisotopic (exact) mass is 310 g/mol. The molecule has 0 spiro atoms. The van der Waals surface area contributed by atoms with Gasteiger partial charge in [-0.05, 0) is 28.7 Å². The van der Waals surface area contributed by atoms with E-state index in [1.807, 2.05) is 0 Å². The van der Waals surface area contributed by atoms with Gasteiger partial charge in [0, 0.05) is 11.8 Å². The minimum atomic E-state index is -0.266. The van der Waals surface area contributed by atoms with Gasteiger partial charge in [-0.15, -0.1) is 0 Å². The summed E-state index contributed by atoms with van der Waals surface area (Å²) in [6.07, 6.45) is 1.25. The zero-order valence-corrected chi connectivity index (χ0v) is 13.4. The van der Waals surface area contributed by atoms with Crippen LogP contribution in [0.25, 0.3) is 0 Å². The van der Waals surface area contributed by atoms with Gasteiger partial charge in [0.25, 0.3) is 0 Å². The summed E-state index contributed by atoms with van der Waals surface area (Å²) in [6, 6.07) is 30.5. The summed E-state index contributed by atoms with van der Waals surface area (Å²) in [5.41, 5.74) is 4.83. The van der Waals surface area contributed by atoms with E-state index in [1.165, 1.54) is 28.7 Å². The Labute approximate surface area is 141 Å². The number of hydrogen-bond acceptors (Lipinski definition) is 1. The van der Waals surface area contributed by atoms with Gasteiger partial charge in [-0.2, -0.15) is 0 Å². The van der Waals surface area contributed by atoms with E-state index in [2.05, 4.69) is 84.9 Å². The Morgan fingerprint density at radius 3 is 1.46 bits per heavy atom. The van der Waals surface area contributed by atoms with Crippen LogP contribution in [0.1, 0.15) is 28.7 Å². The second kappa shape index (κ2) is 4.17. The fourth-order valence-electron chi connectivity index (χ4n) is 5.37.